The third-order valence-electron chi connectivity index (χ3n) is 4.21. The van der Waals surface area contributed by atoms with Crippen LogP contribution in [0.15, 0.2) is 21.3 Å². The highest BCUT2D eigenvalue weighted by Crippen LogP contribution is 2.34. The van der Waals surface area contributed by atoms with Crippen LogP contribution >= 0.6 is 0 Å². The Morgan fingerprint density at radius 3 is 2.76 bits per heavy atom. The molecule has 21 heavy (non-hydrogen) atoms. The number of aromatic amines is 1. The number of H-pyrrole nitrogens is 1. The van der Waals surface area contributed by atoms with Crippen LogP contribution in [0.3, 0.4) is 0 Å². The van der Waals surface area contributed by atoms with Gasteiger partial charge in [0.25, 0.3) is 0 Å². The molecular formula is C16H23N3O2. The van der Waals surface area contributed by atoms with E-state index in [1.54, 1.807) is 6.07 Å². The summed E-state index contributed by atoms with van der Waals surface area (Å²) < 4.78 is 5.08. The van der Waals surface area contributed by atoms with Gasteiger partial charge in [-0.15, -0.1) is 0 Å². The van der Waals surface area contributed by atoms with Crippen LogP contribution in [-0.2, 0) is 0 Å². The van der Waals surface area contributed by atoms with Crippen molar-refractivity contribution in [1.82, 2.24) is 4.98 Å². The summed E-state index contributed by atoms with van der Waals surface area (Å²) in [6.07, 6.45) is 4.99. The first kappa shape index (κ1) is 14.0. The van der Waals surface area contributed by atoms with Gasteiger partial charge in [-0.25, -0.2) is 4.79 Å². The van der Waals surface area contributed by atoms with Crippen molar-refractivity contribution in [3.8, 4) is 0 Å². The molecular weight excluding hydrogens is 266 g/mol. The summed E-state index contributed by atoms with van der Waals surface area (Å²) in [5.41, 5.74) is 9.16. The number of nitrogens with zero attached hydrogens (tertiary/aromatic N) is 1. The monoisotopic (exact) mass is 289 g/mol. The van der Waals surface area contributed by atoms with Gasteiger partial charge >= 0.3 is 5.76 Å². The molecule has 0 radical (unpaired) electrons. The molecule has 1 saturated carbocycles. The number of anilines is 2. The van der Waals surface area contributed by atoms with Gasteiger partial charge in [0.15, 0.2) is 5.58 Å². The molecule has 0 aliphatic heterocycles. The Labute approximate surface area is 124 Å². The Morgan fingerprint density at radius 2 is 2.10 bits per heavy atom. The van der Waals surface area contributed by atoms with Gasteiger partial charge in [-0.1, -0.05) is 26.7 Å². The van der Waals surface area contributed by atoms with Crippen molar-refractivity contribution in [1.29, 1.82) is 0 Å². The maximum atomic E-state index is 11.3. The molecule has 0 amide bonds. The van der Waals surface area contributed by atoms with Crippen LogP contribution in [0.4, 0.5) is 11.4 Å². The number of oxazole rings is 1. The fourth-order valence-electron chi connectivity index (χ4n) is 3.30. The van der Waals surface area contributed by atoms with E-state index in [9.17, 15) is 4.79 Å². The van der Waals surface area contributed by atoms with Crippen LogP contribution in [-0.4, -0.2) is 17.6 Å². The van der Waals surface area contributed by atoms with Crippen molar-refractivity contribution in [3.63, 3.8) is 0 Å². The Morgan fingerprint density at radius 1 is 1.38 bits per heavy atom. The van der Waals surface area contributed by atoms with Gasteiger partial charge in [0.1, 0.15) is 0 Å². The van der Waals surface area contributed by atoms with Gasteiger partial charge in [0.05, 0.1) is 16.9 Å². The largest absolute Gasteiger partial charge is 0.417 e. The number of hydrogen-bond acceptors (Lipinski definition) is 4. The lowest BCUT2D eigenvalue weighted by molar-refractivity contribution is 0.536. The van der Waals surface area contributed by atoms with E-state index in [2.05, 4.69) is 23.7 Å². The van der Waals surface area contributed by atoms with Crippen molar-refractivity contribution in [3.05, 3.63) is 22.7 Å². The number of rotatable bonds is 4. The number of aromatic nitrogens is 1. The molecule has 1 aromatic heterocycles. The molecule has 1 aliphatic carbocycles. The second-order valence-corrected chi connectivity index (χ2v) is 6.41. The second kappa shape index (κ2) is 5.47. The highest BCUT2D eigenvalue weighted by Gasteiger charge is 2.25. The van der Waals surface area contributed by atoms with Crippen molar-refractivity contribution in [2.24, 2.45) is 5.92 Å². The molecule has 0 atom stereocenters. The number of nitrogens with one attached hydrogen (secondary N) is 1. The van der Waals surface area contributed by atoms with Gasteiger partial charge in [-0.05, 0) is 24.8 Å². The van der Waals surface area contributed by atoms with E-state index >= 15 is 0 Å². The minimum absolute atomic E-state index is 0.433. The number of nitrogen functional groups attached to an aromatic ring is 1. The SMILES string of the molecule is CC(C)CN(c1cc2[nH]c(=O)oc2cc1N)C1CCCC1. The minimum atomic E-state index is -0.433. The summed E-state index contributed by atoms with van der Waals surface area (Å²) >= 11 is 0. The van der Waals surface area contributed by atoms with E-state index < -0.39 is 5.76 Å². The second-order valence-electron chi connectivity index (χ2n) is 6.41. The summed E-state index contributed by atoms with van der Waals surface area (Å²) in [5.74, 6) is 0.127. The molecule has 5 heteroatoms. The number of fused-ring (bicyclic) bond motifs is 1. The maximum absolute atomic E-state index is 11.3. The van der Waals surface area contributed by atoms with Crippen LogP contribution < -0.4 is 16.4 Å². The number of benzene rings is 1. The molecule has 2 aromatic rings. The quantitative estimate of drug-likeness (QED) is 0.848. The van der Waals surface area contributed by atoms with Gasteiger partial charge in [-0.3, -0.25) is 4.98 Å². The number of nitrogens with two attached hydrogens (primary N) is 1. The van der Waals surface area contributed by atoms with Crippen molar-refractivity contribution in [2.45, 2.75) is 45.6 Å². The van der Waals surface area contributed by atoms with Gasteiger partial charge in [0.2, 0.25) is 0 Å². The van der Waals surface area contributed by atoms with Gasteiger partial charge < -0.3 is 15.1 Å². The maximum Gasteiger partial charge on any atom is 0.417 e. The van der Waals surface area contributed by atoms with Crippen molar-refractivity contribution < 1.29 is 4.42 Å². The third-order valence-corrected chi connectivity index (χ3v) is 4.21. The standard InChI is InChI=1S/C16H23N3O2/c1-10(2)9-19(11-5-3-4-6-11)14-8-13-15(7-12(14)17)21-16(20)18-13/h7-8,10-11H,3-6,9,17H2,1-2H3,(H,18,20). The molecule has 0 bridgehead atoms. The summed E-state index contributed by atoms with van der Waals surface area (Å²) in [5, 5.41) is 0. The van der Waals surface area contributed by atoms with E-state index in [1.165, 1.54) is 25.7 Å². The summed E-state index contributed by atoms with van der Waals surface area (Å²) in [7, 11) is 0. The molecule has 1 aromatic carbocycles. The summed E-state index contributed by atoms with van der Waals surface area (Å²) in [6.45, 7) is 5.41. The van der Waals surface area contributed by atoms with E-state index in [0.29, 0.717) is 23.2 Å². The molecule has 1 fully saturated rings. The molecule has 3 N–H and O–H groups in total. The summed E-state index contributed by atoms with van der Waals surface area (Å²) in [6, 6.07) is 4.26. The van der Waals surface area contributed by atoms with E-state index in [4.69, 9.17) is 10.2 Å². The first-order valence-electron chi connectivity index (χ1n) is 7.73. The zero-order valence-corrected chi connectivity index (χ0v) is 12.7. The molecule has 3 rings (SSSR count). The molecule has 114 valence electrons. The van der Waals surface area contributed by atoms with Gasteiger partial charge in [0, 0.05) is 18.7 Å². The smallest absolute Gasteiger partial charge is 0.408 e. The predicted octanol–water partition coefficient (Wildman–Crippen LogP) is 3.11. The Hall–Kier alpha value is -1.91. The molecule has 0 unspecified atom stereocenters. The first-order valence-corrected chi connectivity index (χ1v) is 7.73. The van der Waals surface area contributed by atoms with Crippen LogP contribution in [0, 0.1) is 5.92 Å². The Bertz CT molecular complexity index is 680. The Kier molecular flexibility index (Phi) is 3.66. The zero-order valence-electron chi connectivity index (χ0n) is 12.7. The molecule has 1 aliphatic rings. The summed E-state index contributed by atoms with van der Waals surface area (Å²) in [4.78, 5) is 16.5. The van der Waals surface area contributed by atoms with E-state index in [-0.39, 0.29) is 0 Å². The fraction of sp³-hybridized carbons (Fsp3) is 0.562. The topological polar surface area (TPSA) is 75.3 Å². The highest BCUT2D eigenvalue weighted by molar-refractivity contribution is 5.85. The molecule has 5 nitrogen and oxygen atoms in total. The number of hydrogen-bond donors (Lipinski definition) is 2. The highest BCUT2D eigenvalue weighted by atomic mass is 16.4. The van der Waals surface area contributed by atoms with Crippen LogP contribution in [0.5, 0.6) is 0 Å². The van der Waals surface area contributed by atoms with E-state index in [0.717, 1.165) is 17.7 Å². The van der Waals surface area contributed by atoms with Crippen molar-refractivity contribution in [2.75, 3.05) is 17.2 Å². The van der Waals surface area contributed by atoms with Gasteiger partial charge in [-0.2, -0.15) is 0 Å². The zero-order chi connectivity index (χ0) is 15.0. The van der Waals surface area contributed by atoms with Crippen LogP contribution in [0.1, 0.15) is 39.5 Å². The molecule has 0 spiro atoms. The fourth-order valence-corrected chi connectivity index (χ4v) is 3.30. The normalized spacial score (nSPS) is 16.1. The van der Waals surface area contributed by atoms with Crippen LogP contribution in [0.25, 0.3) is 11.1 Å². The predicted molar refractivity (Wildman–Crippen MR) is 85.7 cm³/mol. The third kappa shape index (κ3) is 2.77. The lowest BCUT2D eigenvalue weighted by Crippen LogP contribution is -2.36. The Balaban J connectivity index is 2.04. The minimum Gasteiger partial charge on any atom is -0.408 e. The average molecular weight is 289 g/mol. The average Bonchev–Trinajstić information content (AvgIpc) is 3.03. The van der Waals surface area contributed by atoms with Crippen LogP contribution in [0.2, 0.25) is 0 Å². The lowest BCUT2D eigenvalue weighted by atomic mass is 10.1. The lowest BCUT2D eigenvalue weighted by Gasteiger charge is -2.33. The van der Waals surface area contributed by atoms with Crippen molar-refractivity contribution >= 4 is 22.5 Å². The molecule has 0 saturated heterocycles. The first-order chi connectivity index (χ1) is 10.0. The molecule has 1 heterocycles. The van der Waals surface area contributed by atoms with E-state index in [1.807, 2.05) is 6.07 Å².